The first kappa shape index (κ1) is 84.7. The lowest BCUT2D eigenvalue weighted by molar-refractivity contribution is 0.452. The Morgan fingerprint density at radius 1 is 0.208 bits per heavy atom. The van der Waals surface area contributed by atoms with Crippen molar-refractivity contribution < 1.29 is 43.9 Å². The molecular formula is C61H69Cl7F10N18. The van der Waals surface area contributed by atoms with Gasteiger partial charge in [-0.1, -0.05) is 81.2 Å². The summed E-state index contributed by atoms with van der Waals surface area (Å²) in [6, 6.07) is 20.5. The third-order valence-corrected chi connectivity index (χ3v) is 15.8. The van der Waals surface area contributed by atoms with Crippen molar-refractivity contribution >= 4 is 184 Å². The Kier molecular flexibility index (Phi) is 32.8. The van der Waals surface area contributed by atoms with Crippen LogP contribution in [0, 0.1) is 107 Å². The molecule has 0 aliphatic heterocycles. The second-order valence-corrected chi connectivity index (χ2v) is 22.4. The van der Waals surface area contributed by atoms with Crippen LogP contribution in [0.4, 0.5) is 146 Å². The van der Waals surface area contributed by atoms with Crippen LogP contribution in [0.1, 0.15) is 38.9 Å². The van der Waals surface area contributed by atoms with E-state index in [1.165, 1.54) is 12.1 Å². The van der Waals surface area contributed by atoms with Crippen molar-refractivity contribution in [2.45, 2.75) is 48.5 Å². The highest BCUT2D eigenvalue weighted by Crippen LogP contribution is 2.44. The van der Waals surface area contributed by atoms with Gasteiger partial charge in [0, 0.05) is 51.2 Å². The van der Waals surface area contributed by atoms with Gasteiger partial charge < -0.3 is 103 Å². The third kappa shape index (κ3) is 22.4. The van der Waals surface area contributed by atoms with Crippen LogP contribution in [0.5, 0.6) is 0 Å². The lowest BCUT2D eigenvalue weighted by Crippen LogP contribution is -2.04. The molecule has 0 radical (unpaired) electrons. The molecule has 0 aliphatic carbocycles. The predicted molar refractivity (Wildman–Crippen MR) is 385 cm³/mol. The fourth-order valence-corrected chi connectivity index (χ4v) is 8.12. The van der Waals surface area contributed by atoms with Crippen LogP contribution in [0.25, 0.3) is 0 Å². The highest BCUT2D eigenvalue weighted by molar-refractivity contribution is 6.53. The van der Waals surface area contributed by atoms with Crippen molar-refractivity contribution in [1.82, 2.24) is 0 Å². The highest BCUT2D eigenvalue weighted by Gasteiger charge is 2.23. The molecule has 0 fully saturated rings. The van der Waals surface area contributed by atoms with Crippen LogP contribution < -0.4 is 103 Å². The molecule has 0 aliphatic rings. The molecule has 0 heterocycles. The van der Waals surface area contributed by atoms with Crippen LogP contribution >= 0.6 is 81.2 Å². The van der Waals surface area contributed by atoms with Gasteiger partial charge in [-0.05, 0) is 160 Å². The summed E-state index contributed by atoms with van der Waals surface area (Å²) in [5.74, 6) is -13.4. The SMILES string of the molecule is Cc1c(C)c(N)c(C)c(C)c1N.Cc1cc(N)c(C)cc1N.Cc1cc(N)ccc1N.Nc1c(Cl)c(N)c(Cl)c(Cl)c1Cl.Nc1c(F)c(F)c(F)c(N)c1Cl.Nc1c(F)c(F)c(N)c(Cl)c1F.Nc1c(F)c(N)c(F)c(Cl)c1F.Nc1ccc(N)c(F)c1.Nc1ccc(N)cc1. The fourth-order valence-electron chi connectivity index (χ4n) is 6.65. The van der Waals surface area contributed by atoms with Gasteiger partial charge in [0.15, 0.2) is 52.4 Å². The molecule has 36 N–H and O–H groups in total. The normalized spacial score (nSPS) is 10.0. The second-order valence-electron chi connectivity index (χ2n) is 19.8. The summed E-state index contributed by atoms with van der Waals surface area (Å²) in [4.78, 5) is 0. The highest BCUT2D eigenvalue weighted by atomic mass is 35.5. The molecule has 0 aromatic heterocycles. The Morgan fingerprint density at radius 3 is 0.812 bits per heavy atom. The number of hydrogen-bond acceptors (Lipinski definition) is 18. The van der Waals surface area contributed by atoms with Crippen LogP contribution in [-0.4, -0.2) is 0 Å². The number of hydrogen-bond donors (Lipinski definition) is 18. The van der Waals surface area contributed by atoms with E-state index in [1.807, 2.05) is 72.7 Å². The topological polar surface area (TPSA) is 468 Å². The van der Waals surface area contributed by atoms with Gasteiger partial charge >= 0.3 is 0 Å². The van der Waals surface area contributed by atoms with Gasteiger partial charge in [0.1, 0.15) is 32.9 Å². The van der Waals surface area contributed by atoms with Gasteiger partial charge in [-0.15, -0.1) is 0 Å². The molecule has 0 saturated carbocycles. The third-order valence-electron chi connectivity index (χ3n) is 13.0. The van der Waals surface area contributed by atoms with Crippen molar-refractivity contribution in [2.75, 3.05) is 103 Å². The molecule has 0 unspecified atom stereocenters. The summed E-state index contributed by atoms with van der Waals surface area (Å²) in [5.41, 5.74) is 105. The quantitative estimate of drug-likeness (QED) is 0.0290. The number of nitrogens with two attached hydrogens (primary N) is 18. The van der Waals surface area contributed by atoms with Crippen molar-refractivity contribution in [3.8, 4) is 0 Å². The largest absolute Gasteiger partial charge is 0.399 e. The van der Waals surface area contributed by atoms with Crippen molar-refractivity contribution in [1.29, 1.82) is 0 Å². The van der Waals surface area contributed by atoms with Gasteiger partial charge in [0.05, 0.1) is 59.2 Å². The summed E-state index contributed by atoms with van der Waals surface area (Å²) in [6.45, 7) is 13.9. The Morgan fingerprint density at radius 2 is 0.479 bits per heavy atom. The molecule has 522 valence electrons. The maximum Gasteiger partial charge on any atom is 0.198 e. The Bertz CT molecular complexity index is 3220. The van der Waals surface area contributed by atoms with Crippen LogP contribution in [0.3, 0.4) is 0 Å². The number of nitrogen functional groups attached to an aromatic ring is 18. The zero-order chi connectivity index (χ0) is 74.7. The van der Waals surface area contributed by atoms with Crippen molar-refractivity contribution in [2.24, 2.45) is 0 Å². The molecule has 96 heavy (non-hydrogen) atoms. The van der Waals surface area contributed by atoms with Crippen molar-refractivity contribution in [3.63, 3.8) is 0 Å². The molecule has 9 aromatic carbocycles. The molecule has 0 amide bonds. The number of aryl methyl sites for hydroxylation is 3. The first-order valence-electron chi connectivity index (χ1n) is 26.4. The lowest BCUT2D eigenvalue weighted by Gasteiger charge is -2.14. The van der Waals surface area contributed by atoms with E-state index in [0.717, 1.165) is 84.4 Å². The second kappa shape index (κ2) is 37.1. The molecular weight excluding hydrogens is 1420 g/mol. The molecule has 9 rings (SSSR count). The lowest BCUT2D eigenvalue weighted by atomic mass is 9.97. The van der Waals surface area contributed by atoms with E-state index in [0.29, 0.717) is 5.69 Å². The standard InChI is InChI=1S/C10H16N2.C8H12N2.C7H10N2.C6H4Cl4N2.3C6H4ClF3N2.C6H7FN2.C6H8N2/c1-5-6(2)10(12)8(4)7(3)9(5)11;1-5-3-8(10)6(2)4-7(5)9;1-5-4-6(8)2-3-7(5)9;7-1-2(8)5(11)4(10)6(12)3(1)9;7-1-5(11)3(9)2(8)4(10)6(1)12;7-1-2(8)6(12)4(10)3(9)5(1)11;7-1-2(8)5(11)4(10)6(12)3(1)9;7-5-3-4(8)1-2-6(5)9;7-5-1-2-6(8)4-3-5/h11-12H2,1-4H3;3-4H,9-10H2,1-2H3;2-4H,8-9H2,1H3;4*11-12H2;1-3H,8-9H2;1-4H,7-8H2. The fraction of sp³-hybridized carbons (Fsp3) is 0.115. The average Bonchev–Trinajstić information content (AvgIpc) is 0.844. The first-order chi connectivity index (χ1) is 44.1. The van der Waals surface area contributed by atoms with E-state index in [4.69, 9.17) is 184 Å². The van der Waals surface area contributed by atoms with Gasteiger partial charge in [-0.25, -0.2) is 43.9 Å². The minimum absolute atomic E-state index is 0.123. The van der Waals surface area contributed by atoms with Crippen LogP contribution in [0.2, 0.25) is 35.2 Å². The number of rotatable bonds is 0. The zero-order valence-electron chi connectivity index (χ0n) is 51.7. The van der Waals surface area contributed by atoms with E-state index in [-0.39, 0.29) is 37.2 Å². The Hall–Kier alpha value is -9.29. The molecule has 0 bridgehead atoms. The molecule has 0 spiro atoms. The molecule has 0 saturated heterocycles. The summed E-state index contributed by atoms with van der Waals surface area (Å²) < 4.78 is 126. The van der Waals surface area contributed by atoms with Crippen LogP contribution in [0.15, 0.2) is 72.8 Å². The Labute approximate surface area is 580 Å². The van der Waals surface area contributed by atoms with Crippen LogP contribution in [-0.2, 0) is 0 Å². The minimum atomic E-state index is -1.71. The maximum absolute atomic E-state index is 12.7. The summed E-state index contributed by atoms with van der Waals surface area (Å²) in [6.07, 6.45) is 0. The monoisotopic (exact) mass is 1490 g/mol. The smallest absolute Gasteiger partial charge is 0.198 e. The Balaban J connectivity index is 0.000000542. The van der Waals surface area contributed by atoms with Gasteiger partial charge in [-0.3, -0.25) is 0 Å². The molecule has 35 heteroatoms. The molecule has 9 aromatic rings. The first-order valence-corrected chi connectivity index (χ1v) is 29.0. The minimum Gasteiger partial charge on any atom is -0.399 e. The zero-order valence-corrected chi connectivity index (χ0v) is 57.0. The number of anilines is 18. The van der Waals surface area contributed by atoms with E-state index < -0.39 is 107 Å². The molecule has 18 nitrogen and oxygen atoms in total. The average molecular weight is 1490 g/mol. The summed E-state index contributed by atoms with van der Waals surface area (Å²) in [5, 5.41) is -1.60. The van der Waals surface area contributed by atoms with Gasteiger partial charge in [0.2, 0.25) is 0 Å². The van der Waals surface area contributed by atoms with E-state index >= 15 is 0 Å². The number of benzene rings is 9. The van der Waals surface area contributed by atoms with E-state index in [9.17, 15) is 43.9 Å². The maximum atomic E-state index is 12.7. The predicted octanol–water partition coefficient (Wildman–Crippen LogP) is 15.8. The van der Waals surface area contributed by atoms with Gasteiger partial charge in [-0.2, -0.15) is 0 Å². The van der Waals surface area contributed by atoms with Crippen molar-refractivity contribution in [3.05, 3.63) is 205 Å². The van der Waals surface area contributed by atoms with Gasteiger partial charge in [0.25, 0.3) is 0 Å². The summed E-state index contributed by atoms with van der Waals surface area (Å²) in [7, 11) is 0. The van der Waals surface area contributed by atoms with E-state index in [2.05, 4.69) is 0 Å². The van der Waals surface area contributed by atoms with E-state index in [1.54, 1.807) is 36.4 Å². The summed E-state index contributed by atoms with van der Waals surface area (Å²) >= 11 is 38.2. The number of halogens is 17. The molecule has 0 atom stereocenters.